The molecule has 2 aromatic heterocycles. The van der Waals surface area contributed by atoms with Gasteiger partial charge >= 0.3 is 0 Å². The molecule has 3 aliphatic rings. The molecule has 0 fully saturated rings. The van der Waals surface area contributed by atoms with Gasteiger partial charge in [-0.15, -0.1) is 0 Å². The number of aromatic nitrogens is 2. The zero-order valence-electron chi connectivity index (χ0n) is 12.0. The van der Waals surface area contributed by atoms with Crippen molar-refractivity contribution in [3.63, 3.8) is 0 Å². The zero-order chi connectivity index (χ0) is 15.6. The van der Waals surface area contributed by atoms with E-state index in [9.17, 15) is 9.59 Å². The number of nitrogens with one attached hydrogen (secondary N) is 1. The molecule has 5 nitrogen and oxygen atoms in total. The lowest BCUT2D eigenvalue weighted by molar-refractivity contribution is 0.102. The minimum Gasteiger partial charge on any atom is -0.362 e. The van der Waals surface area contributed by atoms with E-state index in [1.807, 2.05) is 24.3 Å². The lowest BCUT2D eigenvalue weighted by Gasteiger charge is -2.33. The Hall–Kier alpha value is -3.08. The number of carbonyl (C=O) groups excluding carboxylic acids is 1. The van der Waals surface area contributed by atoms with E-state index in [1.165, 1.54) is 6.07 Å². The molecule has 2 atom stereocenters. The second-order valence-corrected chi connectivity index (χ2v) is 5.80. The molecule has 2 unspecified atom stereocenters. The Morgan fingerprint density at radius 2 is 2.04 bits per heavy atom. The van der Waals surface area contributed by atoms with Crippen LogP contribution < -0.4 is 5.43 Å². The van der Waals surface area contributed by atoms with Gasteiger partial charge in [0.05, 0.1) is 11.3 Å². The Bertz CT molecular complexity index is 1030. The summed E-state index contributed by atoms with van der Waals surface area (Å²) >= 11 is 0. The molecule has 5 rings (SSSR count). The standard InChI is InChI=1S/C18H11N3O2/c22-12-6-8-19-15-14(12)18(23)17-13-10(5-7-20-17)9-3-1-2-4-11(9)21-16(13)15/h1-9,16H,(H,19,22). The van der Waals surface area contributed by atoms with E-state index in [4.69, 9.17) is 4.99 Å². The molecule has 23 heavy (non-hydrogen) atoms. The van der Waals surface area contributed by atoms with E-state index in [0.29, 0.717) is 11.4 Å². The van der Waals surface area contributed by atoms with Crippen LogP contribution in [-0.2, 0) is 0 Å². The number of H-pyrrole nitrogens is 1. The number of carbonyl (C=O) groups is 1. The van der Waals surface area contributed by atoms with Gasteiger partial charge in [0.15, 0.2) is 5.43 Å². The third kappa shape index (κ3) is 1.51. The summed E-state index contributed by atoms with van der Waals surface area (Å²) in [5, 5.41) is 0. The molecule has 2 aromatic rings. The molecule has 0 bridgehead atoms. The van der Waals surface area contributed by atoms with Crippen molar-refractivity contribution in [3.8, 4) is 0 Å². The maximum atomic E-state index is 12.8. The van der Waals surface area contributed by atoms with Crippen LogP contribution in [0.4, 0.5) is 0 Å². The maximum absolute atomic E-state index is 12.8. The van der Waals surface area contributed by atoms with E-state index < -0.39 is 0 Å². The van der Waals surface area contributed by atoms with Crippen LogP contribution >= 0.6 is 0 Å². The summed E-state index contributed by atoms with van der Waals surface area (Å²) in [4.78, 5) is 37.1. The fourth-order valence-electron chi connectivity index (χ4n) is 3.63. The molecule has 3 heterocycles. The van der Waals surface area contributed by atoms with Crippen LogP contribution in [0, 0.1) is 0 Å². The highest BCUT2D eigenvalue weighted by Gasteiger charge is 2.40. The van der Waals surface area contributed by atoms with Crippen molar-refractivity contribution in [3.05, 3.63) is 87.1 Å². The molecule has 5 heteroatoms. The Balaban J connectivity index is 1.90. The molecule has 110 valence electrons. The molecule has 0 aromatic carbocycles. The van der Waals surface area contributed by atoms with Crippen LogP contribution in [0.3, 0.4) is 0 Å². The average Bonchev–Trinajstić information content (AvgIpc) is 2.59. The van der Waals surface area contributed by atoms with Gasteiger partial charge in [0.1, 0.15) is 11.7 Å². The fourth-order valence-corrected chi connectivity index (χ4v) is 3.63. The summed E-state index contributed by atoms with van der Waals surface area (Å²) in [7, 11) is 0. The molecule has 0 spiro atoms. The molecular formula is C18H11N3O2. The van der Waals surface area contributed by atoms with Crippen molar-refractivity contribution in [2.75, 3.05) is 0 Å². The third-order valence-electron chi connectivity index (χ3n) is 4.62. The largest absolute Gasteiger partial charge is 0.362 e. The lowest BCUT2D eigenvalue weighted by Crippen LogP contribution is -2.32. The molecule has 0 radical (unpaired) electrons. The molecule has 0 amide bonds. The zero-order valence-corrected chi connectivity index (χ0v) is 12.0. The van der Waals surface area contributed by atoms with Crippen molar-refractivity contribution >= 4 is 11.5 Å². The van der Waals surface area contributed by atoms with E-state index in [-0.39, 0.29) is 28.7 Å². The second kappa shape index (κ2) is 4.23. The molecule has 2 aliphatic carbocycles. The summed E-state index contributed by atoms with van der Waals surface area (Å²) in [6.45, 7) is 0. The van der Waals surface area contributed by atoms with Gasteiger partial charge in [0.25, 0.3) is 0 Å². The highest BCUT2D eigenvalue weighted by molar-refractivity contribution is 6.13. The number of ketones is 1. The lowest BCUT2D eigenvalue weighted by atomic mass is 9.77. The second-order valence-electron chi connectivity index (χ2n) is 5.80. The predicted molar refractivity (Wildman–Crippen MR) is 85.0 cm³/mol. The smallest absolute Gasteiger partial charge is 0.217 e. The van der Waals surface area contributed by atoms with Gasteiger partial charge in [-0.1, -0.05) is 18.2 Å². The number of allylic oxidation sites excluding steroid dienone is 4. The van der Waals surface area contributed by atoms with E-state index in [1.54, 1.807) is 12.4 Å². The number of nitrogens with zero attached hydrogens (tertiary/aromatic N) is 2. The van der Waals surface area contributed by atoms with Crippen molar-refractivity contribution in [1.29, 1.82) is 0 Å². The summed E-state index contributed by atoms with van der Waals surface area (Å²) in [5.41, 5.74) is 3.58. The van der Waals surface area contributed by atoms with Gasteiger partial charge in [0.2, 0.25) is 5.78 Å². The Morgan fingerprint density at radius 3 is 2.96 bits per heavy atom. The minimum absolute atomic E-state index is 0.0396. The normalized spacial score (nSPS) is 23.0. The first-order valence-corrected chi connectivity index (χ1v) is 7.43. The van der Waals surface area contributed by atoms with Crippen LogP contribution in [-0.4, -0.2) is 21.5 Å². The maximum Gasteiger partial charge on any atom is 0.217 e. The SMILES string of the molecule is O=C1c2nccc3c2C(N=C2C=CC=CC23)c2[nH]ccc(=O)c21. The van der Waals surface area contributed by atoms with Gasteiger partial charge in [-0.05, 0) is 17.7 Å². The molecule has 0 saturated carbocycles. The average molecular weight is 301 g/mol. The molecule has 1 aliphatic heterocycles. The minimum atomic E-state index is -0.377. The van der Waals surface area contributed by atoms with Gasteiger partial charge in [-0.25, -0.2) is 0 Å². The Labute approximate surface area is 131 Å². The van der Waals surface area contributed by atoms with Crippen molar-refractivity contribution < 1.29 is 4.79 Å². The van der Waals surface area contributed by atoms with E-state index in [2.05, 4.69) is 16.0 Å². The highest BCUT2D eigenvalue weighted by atomic mass is 16.1. The summed E-state index contributed by atoms with van der Waals surface area (Å²) < 4.78 is 0. The van der Waals surface area contributed by atoms with E-state index in [0.717, 1.165) is 16.8 Å². The molecule has 0 saturated heterocycles. The number of hydrogen-bond acceptors (Lipinski definition) is 4. The summed E-state index contributed by atoms with van der Waals surface area (Å²) in [6.07, 6.45) is 11.2. The Kier molecular flexibility index (Phi) is 2.29. The topological polar surface area (TPSA) is 75.2 Å². The first kappa shape index (κ1) is 12.5. The number of hydrogen-bond donors (Lipinski definition) is 1. The van der Waals surface area contributed by atoms with Gasteiger partial charge in [0, 0.05) is 35.7 Å². The third-order valence-corrected chi connectivity index (χ3v) is 4.62. The monoisotopic (exact) mass is 301 g/mol. The number of aliphatic imine (C=N–C) groups is 1. The highest BCUT2D eigenvalue weighted by Crippen LogP contribution is 2.43. The predicted octanol–water partition coefficient (Wildman–Crippen LogP) is 2.07. The first-order valence-electron chi connectivity index (χ1n) is 7.43. The van der Waals surface area contributed by atoms with Crippen LogP contribution in [0.5, 0.6) is 0 Å². The van der Waals surface area contributed by atoms with Crippen molar-refractivity contribution in [2.24, 2.45) is 4.99 Å². The molecular weight excluding hydrogens is 290 g/mol. The van der Waals surface area contributed by atoms with Crippen molar-refractivity contribution in [1.82, 2.24) is 9.97 Å². The Morgan fingerprint density at radius 1 is 1.13 bits per heavy atom. The number of fused-ring (bicyclic) bond motifs is 4. The molecule has 1 N–H and O–H groups in total. The van der Waals surface area contributed by atoms with Gasteiger partial charge in [-0.3, -0.25) is 19.6 Å². The summed E-state index contributed by atoms with van der Waals surface area (Å²) in [6, 6.07) is 2.93. The van der Waals surface area contributed by atoms with Crippen molar-refractivity contribution in [2.45, 2.75) is 12.0 Å². The van der Waals surface area contributed by atoms with Gasteiger partial charge in [-0.2, -0.15) is 0 Å². The quantitative estimate of drug-likeness (QED) is 0.809. The van der Waals surface area contributed by atoms with Gasteiger partial charge < -0.3 is 4.98 Å². The number of aromatic amines is 1. The number of pyridine rings is 2. The van der Waals surface area contributed by atoms with E-state index >= 15 is 0 Å². The van der Waals surface area contributed by atoms with Crippen LogP contribution in [0.15, 0.2) is 58.6 Å². The van der Waals surface area contributed by atoms with Crippen LogP contribution in [0.2, 0.25) is 0 Å². The van der Waals surface area contributed by atoms with Crippen LogP contribution in [0.25, 0.3) is 0 Å². The summed E-state index contributed by atoms with van der Waals surface area (Å²) in [5.74, 6) is -0.276. The fraction of sp³-hybridized carbons (Fsp3) is 0.111. The first-order chi connectivity index (χ1) is 11.3. The number of rotatable bonds is 0. The van der Waals surface area contributed by atoms with Crippen LogP contribution in [0.1, 0.15) is 44.8 Å².